The van der Waals surface area contributed by atoms with Crippen LogP contribution in [0.15, 0.2) is 35.4 Å². The van der Waals surface area contributed by atoms with Crippen molar-refractivity contribution in [1.82, 2.24) is 19.7 Å². The summed E-state index contributed by atoms with van der Waals surface area (Å²) in [6.07, 6.45) is 5.95. The number of likely N-dealkylation sites (tertiary alicyclic amines) is 1. The molecule has 0 aliphatic carbocycles. The van der Waals surface area contributed by atoms with Gasteiger partial charge in [0.05, 0.1) is 0 Å². The van der Waals surface area contributed by atoms with Crippen molar-refractivity contribution in [2.75, 3.05) is 13.1 Å². The number of pyridine rings is 1. The molecule has 1 aliphatic rings. The number of hydrogen-bond donors (Lipinski definition) is 1. The average Bonchev–Trinajstić information content (AvgIpc) is 2.98. The molecule has 0 amide bonds. The van der Waals surface area contributed by atoms with Crippen LogP contribution in [-0.2, 0) is 13.6 Å². The summed E-state index contributed by atoms with van der Waals surface area (Å²) in [5.41, 5.74) is 2.42. The summed E-state index contributed by atoms with van der Waals surface area (Å²) >= 11 is 0. The Kier molecular flexibility index (Phi) is 3.69. The van der Waals surface area contributed by atoms with Crippen molar-refractivity contribution in [2.45, 2.75) is 25.3 Å². The van der Waals surface area contributed by atoms with Gasteiger partial charge in [0.1, 0.15) is 0 Å². The Morgan fingerprint density at radius 2 is 2.15 bits per heavy atom. The number of nitrogens with zero attached hydrogens (tertiary/aromatic N) is 3. The zero-order valence-electron chi connectivity index (χ0n) is 11.7. The van der Waals surface area contributed by atoms with E-state index in [0.717, 1.165) is 38.0 Å². The van der Waals surface area contributed by atoms with Crippen LogP contribution in [0, 0.1) is 0 Å². The minimum atomic E-state index is 0.0647. The molecule has 20 heavy (non-hydrogen) atoms. The molecule has 5 nitrogen and oxygen atoms in total. The zero-order chi connectivity index (χ0) is 13.9. The van der Waals surface area contributed by atoms with Gasteiger partial charge in [-0.15, -0.1) is 0 Å². The van der Waals surface area contributed by atoms with Gasteiger partial charge in [-0.05, 0) is 43.6 Å². The van der Waals surface area contributed by atoms with Crippen LogP contribution in [0.5, 0.6) is 0 Å². The number of hydrogen-bond acceptors (Lipinski definition) is 3. The molecule has 0 atom stereocenters. The second-order valence-corrected chi connectivity index (χ2v) is 5.55. The van der Waals surface area contributed by atoms with Gasteiger partial charge in [0.2, 0.25) is 0 Å². The van der Waals surface area contributed by atoms with Gasteiger partial charge in [0, 0.05) is 43.7 Å². The second-order valence-electron chi connectivity index (χ2n) is 5.55. The molecular formula is C15H20N4O. The van der Waals surface area contributed by atoms with Gasteiger partial charge in [0.15, 0.2) is 0 Å². The minimum absolute atomic E-state index is 0.0647. The van der Waals surface area contributed by atoms with Crippen molar-refractivity contribution in [2.24, 2.45) is 7.05 Å². The number of rotatable bonds is 3. The van der Waals surface area contributed by atoms with E-state index in [1.807, 2.05) is 18.5 Å². The predicted octanol–water partition coefficient (Wildman–Crippen LogP) is 1.49. The normalized spacial score (nSPS) is 17.4. The van der Waals surface area contributed by atoms with Gasteiger partial charge in [-0.2, -0.15) is 5.10 Å². The Hall–Kier alpha value is -1.88. The lowest BCUT2D eigenvalue weighted by Gasteiger charge is -2.31. The molecule has 1 aliphatic heterocycles. The molecule has 3 heterocycles. The molecule has 5 heteroatoms. The molecule has 0 radical (unpaired) electrons. The molecule has 0 aromatic carbocycles. The Balaban J connectivity index is 1.58. The van der Waals surface area contributed by atoms with Crippen LogP contribution in [0.1, 0.15) is 30.0 Å². The van der Waals surface area contributed by atoms with Gasteiger partial charge >= 0.3 is 0 Å². The number of aryl methyl sites for hydroxylation is 1. The van der Waals surface area contributed by atoms with Gasteiger partial charge in [0.25, 0.3) is 5.56 Å². The molecule has 0 unspecified atom stereocenters. The van der Waals surface area contributed by atoms with Crippen LogP contribution in [0.2, 0.25) is 0 Å². The monoisotopic (exact) mass is 272 g/mol. The summed E-state index contributed by atoms with van der Waals surface area (Å²) in [5, 5.41) is 7.10. The van der Waals surface area contributed by atoms with E-state index >= 15 is 0 Å². The third kappa shape index (κ3) is 2.82. The molecule has 0 spiro atoms. The van der Waals surface area contributed by atoms with Crippen LogP contribution >= 0.6 is 0 Å². The molecule has 106 valence electrons. The summed E-state index contributed by atoms with van der Waals surface area (Å²) in [6.45, 7) is 3.00. The van der Waals surface area contributed by atoms with E-state index in [4.69, 9.17) is 0 Å². The van der Waals surface area contributed by atoms with Gasteiger partial charge in [-0.3, -0.25) is 14.8 Å². The fraction of sp³-hybridized carbons (Fsp3) is 0.467. The topological polar surface area (TPSA) is 53.9 Å². The number of H-pyrrole nitrogens is 1. The van der Waals surface area contributed by atoms with E-state index in [1.54, 1.807) is 17.7 Å². The molecule has 2 aromatic heterocycles. The highest BCUT2D eigenvalue weighted by molar-refractivity contribution is 5.12. The van der Waals surface area contributed by atoms with Crippen LogP contribution < -0.4 is 5.56 Å². The molecule has 0 saturated carbocycles. The molecule has 0 bridgehead atoms. The lowest BCUT2D eigenvalue weighted by Crippen LogP contribution is -2.33. The quantitative estimate of drug-likeness (QED) is 0.921. The fourth-order valence-electron chi connectivity index (χ4n) is 2.84. The third-order valence-electron chi connectivity index (χ3n) is 4.12. The van der Waals surface area contributed by atoms with E-state index in [2.05, 4.69) is 21.2 Å². The van der Waals surface area contributed by atoms with E-state index in [9.17, 15) is 4.79 Å². The smallest absolute Gasteiger partial charge is 0.250 e. The Bertz CT molecular complexity index is 609. The SMILES string of the molecule is Cn1ccc(CN2CCC(c3ccn[nH]3)CC2)cc1=O. The van der Waals surface area contributed by atoms with Gasteiger partial charge in [-0.25, -0.2) is 0 Å². The summed E-state index contributed by atoms with van der Waals surface area (Å²) in [6, 6.07) is 5.84. The first-order valence-electron chi connectivity index (χ1n) is 7.09. The molecule has 2 aromatic rings. The largest absolute Gasteiger partial charge is 0.319 e. The van der Waals surface area contributed by atoms with Gasteiger partial charge < -0.3 is 4.57 Å². The first-order chi connectivity index (χ1) is 9.72. The average molecular weight is 272 g/mol. The van der Waals surface area contributed by atoms with Crippen molar-refractivity contribution in [3.63, 3.8) is 0 Å². The summed E-state index contributed by atoms with van der Waals surface area (Å²) in [7, 11) is 1.78. The fourth-order valence-corrected chi connectivity index (χ4v) is 2.84. The number of piperidine rings is 1. The number of aromatic amines is 1. The second kappa shape index (κ2) is 5.63. The van der Waals surface area contributed by atoms with Crippen LogP contribution in [0.4, 0.5) is 0 Å². The predicted molar refractivity (Wildman–Crippen MR) is 77.5 cm³/mol. The molecule has 1 N–H and O–H groups in total. The summed E-state index contributed by atoms with van der Waals surface area (Å²) < 4.78 is 1.61. The molecule has 1 fully saturated rings. The van der Waals surface area contributed by atoms with Crippen LogP contribution in [0.3, 0.4) is 0 Å². The van der Waals surface area contributed by atoms with Crippen LogP contribution in [0.25, 0.3) is 0 Å². The maximum atomic E-state index is 11.6. The van der Waals surface area contributed by atoms with Crippen molar-refractivity contribution in [3.05, 3.63) is 52.2 Å². The summed E-state index contributed by atoms with van der Waals surface area (Å²) in [5.74, 6) is 0.595. The van der Waals surface area contributed by atoms with Gasteiger partial charge in [-0.1, -0.05) is 0 Å². The first kappa shape index (κ1) is 13.1. The lowest BCUT2D eigenvalue weighted by atomic mass is 9.93. The third-order valence-corrected chi connectivity index (χ3v) is 4.12. The van der Waals surface area contributed by atoms with Crippen molar-refractivity contribution in [3.8, 4) is 0 Å². The van der Waals surface area contributed by atoms with E-state index in [-0.39, 0.29) is 5.56 Å². The van der Waals surface area contributed by atoms with Crippen molar-refractivity contribution < 1.29 is 0 Å². The molecule has 3 rings (SSSR count). The highest BCUT2D eigenvalue weighted by Crippen LogP contribution is 2.26. The first-order valence-corrected chi connectivity index (χ1v) is 7.09. The Morgan fingerprint density at radius 3 is 2.80 bits per heavy atom. The van der Waals surface area contributed by atoms with E-state index in [0.29, 0.717) is 5.92 Å². The molecule has 1 saturated heterocycles. The highest BCUT2D eigenvalue weighted by atomic mass is 16.1. The standard InChI is InChI=1S/C15H20N4O/c1-18-7-3-12(10-15(18)20)11-19-8-4-13(5-9-19)14-2-6-16-17-14/h2-3,6-7,10,13H,4-5,8-9,11H2,1H3,(H,16,17). The highest BCUT2D eigenvalue weighted by Gasteiger charge is 2.21. The van der Waals surface area contributed by atoms with E-state index in [1.165, 1.54) is 5.69 Å². The summed E-state index contributed by atoms with van der Waals surface area (Å²) in [4.78, 5) is 14.0. The Labute approximate surface area is 118 Å². The molecular weight excluding hydrogens is 252 g/mol. The zero-order valence-corrected chi connectivity index (χ0v) is 11.7. The minimum Gasteiger partial charge on any atom is -0.319 e. The lowest BCUT2D eigenvalue weighted by molar-refractivity contribution is 0.203. The van der Waals surface area contributed by atoms with Crippen LogP contribution in [-0.4, -0.2) is 32.8 Å². The number of aromatic nitrogens is 3. The maximum absolute atomic E-state index is 11.6. The van der Waals surface area contributed by atoms with Crippen molar-refractivity contribution in [1.29, 1.82) is 0 Å². The Morgan fingerprint density at radius 1 is 1.35 bits per heavy atom. The van der Waals surface area contributed by atoms with Crippen molar-refractivity contribution >= 4 is 0 Å². The van der Waals surface area contributed by atoms with E-state index < -0.39 is 0 Å². The number of nitrogens with one attached hydrogen (secondary N) is 1. The maximum Gasteiger partial charge on any atom is 0.250 e.